The van der Waals surface area contributed by atoms with E-state index in [0.29, 0.717) is 0 Å². The molecule has 0 atom stereocenters. The minimum Gasteiger partial charge on any atom is -0.222 e. The van der Waals surface area contributed by atoms with Gasteiger partial charge in [0.2, 0.25) is 6.08 Å². The number of aryl methyl sites for hydroxylation is 2. The Morgan fingerprint density at radius 3 is 2.25 bits per heavy atom. The lowest BCUT2D eigenvalue weighted by Gasteiger charge is -1.96. The van der Waals surface area contributed by atoms with Gasteiger partial charge in [0, 0.05) is 5.02 Å². The molecule has 0 aliphatic carbocycles. The highest BCUT2D eigenvalue weighted by atomic mass is 35.5. The summed E-state index contributed by atoms with van der Waals surface area (Å²) in [5, 5.41) is 6.25. The minimum absolute atomic E-state index is 0.750. The molecule has 0 saturated heterocycles. The van der Waals surface area contributed by atoms with Crippen molar-refractivity contribution >= 4 is 17.7 Å². The van der Waals surface area contributed by atoms with Crippen LogP contribution in [0.1, 0.15) is 11.1 Å². The highest BCUT2D eigenvalue weighted by molar-refractivity contribution is 6.31. The average molecular weight is 184 g/mol. The molecule has 2 nitrogen and oxygen atoms in total. The van der Waals surface area contributed by atoms with Crippen molar-refractivity contribution < 1.29 is 4.79 Å². The third kappa shape index (κ3) is 3.91. The molecule has 0 unspecified atom stereocenters. The van der Waals surface area contributed by atoms with Crippen LogP contribution in [0.4, 0.5) is 0 Å². The summed E-state index contributed by atoms with van der Waals surface area (Å²) in [5.74, 6) is 0. The molecular weight excluding hydrogens is 174 g/mol. The van der Waals surface area contributed by atoms with Crippen LogP contribution < -0.4 is 0 Å². The summed E-state index contributed by atoms with van der Waals surface area (Å²) in [6.07, 6.45) is 0.750. The monoisotopic (exact) mass is 183 g/mol. The van der Waals surface area contributed by atoms with Crippen LogP contribution in [-0.2, 0) is 4.79 Å². The summed E-state index contributed by atoms with van der Waals surface area (Å²) in [7, 11) is 0. The van der Waals surface area contributed by atoms with E-state index in [9.17, 15) is 0 Å². The third-order valence-electron chi connectivity index (χ3n) is 1.31. The maximum Gasteiger partial charge on any atom is 0.231 e. The number of nitrogens with one attached hydrogen (secondary N) is 1. The van der Waals surface area contributed by atoms with Crippen LogP contribution in [0.15, 0.2) is 18.2 Å². The Balaban J connectivity index is 0.000000354. The average Bonchev–Trinajstić information content (AvgIpc) is 1.99. The van der Waals surface area contributed by atoms with Gasteiger partial charge in [-0.1, -0.05) is 29.3 Å². The molecule has 0 saturated carbocycles. The molecule has 0 fully saturated rings. The Morgan fingerprint density at radius 1 is 1.42 bits per heavy atom. The molecule has 0 aromatic heterocycles. The van der Waals surface area contributed by atoms with Crippen molar-refractivity contribution in [2.75, 3.05) is 0 Å². The van der Waals surface area contributed by atoms with Crippen LogP contribution in [0.25, 0.3) is 0 Å². The molecule has 3 heteroatoms. The van der Waals surface area contributed by atoms with E-state index in [1.807, 2.05) is 19.1 Å². The van der Waals surface area contributed by atoms with Gasteiger partial charge in [-0.15, -0.1) is 0 Å². The van der Waals surface area contributed by atoms with Crippen LogP contribution in [0.5, 0.6) is 0 Å². The summed E-state index contributed by atoms with van der Waals surface area (Å²) in [6.45, 7) is 4.07. The van der Waals surface area contributed by atoms with Crippen molar-refractivity contribution in [1.82, 2.24) is 0 Å². The van der Waals surface area contributed by atoms with Gasteiger partial charge in [-0.2, -0.15) is 0 Å². The predicted octanol–water partition coefficient (Wildman–Crippen LogP) is 2.86. The Labute approximate surface area is 76.7 Å². The molecule has 1 aromatic rings. The molecular formula is C9H10ClNO. The smallest absolute Gasteiger partial charge is 0.222 e. The Bertz CT molecular complexity index is 291. The number of isocyanates is 1. The highest BCUT2D eigenvalue weighted by Crippen LogP contribution is 2.14. The van der Waals surface area contributed by atoms with Crippen molar-refractivity contribution in [3.8, 4) is 0 Å². The van der Waals surface area contributed by atoms with Crippen LogP contribution in [0.3, 0.4) is 0 Å². The zero-order valence-electron chi connectivity index (χ0n) is 7.02. The van der Waals surface area contributed by atoms with Crippen molar-refractivity contribution in [2.24, 2.45) is 0 Å². The van der Waals surface area contributed by atoms with Crippen molar-refractivity contribution in [3.05, 3.63) is 34.3 Å². The lowest BCUT2D eigenvalue weighted by molar-refractivity contribution is 0.563. The van der Waals surface area contributed by atoms with Crippen LogP contribution in [0.2, 0.25) is 5.02 Å². The quantitative estimate of drug-likeness (QED) is 0.488. The summed E-state index contributed by atoms with van der Waals surface area (Å²) >= 11 is 5.78. The zero-order valence-corrected chi connectivity index (χ0v) is 7.77. The van der Waals surface area contributed by atoms with E-state index < -0.39 is 0 Å². The Morgan fingerprint density at radius 2 is 1.92 bits per heavy atom. The topological polar surface area (TPSA) is 40.9 Å². The van der Waals surface area contributed by atoms with Crippen LogP contribution >= 0.6 is 11.6 Å². The first kappa shape index (κ1) is 10.9. The Hall–Kier alpha value is -1.11. The fraction of sp³-hybridized carbons (Fsp3) is 0.222. The fourth-order valence-electron chi connectivity index (χ4n) is 0.795. The molecule has 1 N–H and O–H groups in total. The van der Waals surface area contributed by atoms with E-state index in [4.69, 9.17) is 21.8 Å². The van der Waals surface area contributed by atoms with Gasteiger partial charge in [-0.25, -0.2) is 10.2 Å². The molecule has 0 spiro atoms. The second-order valence-electron chi connectivity index (χ2n) is 2.35. The first-order valence-electron chi connectivity index (χ1n) is 3.38. The first-order chi connectivity index (χ1) is 5.61. The second kappa shape index (κ2) is 5.53. The number of rotatable bonds is 0. The summed E-state index contributed by atoms with van der Waals surface area (Å²) in [6, 6.07) is 6.00. The molecule has 0 aliphatic heterocycles. The highest BCUT2D eigenvalue weighted by Gasteiger charge is 1.91. The number of benzene rings is 1. The van der Waals surface area contributed by atoms with Gasteiger partial charge < -0.3 is 0 Å². The van der Waals surface area contributed by atoms with Crippen LogP contribution in [0, 0.1) is 19.3 Å². The lowest BCUT2D eigenvalue weighted by atomic mass is 10.2. The van der Waals surface area contributed by atoms with E-state index in [2.05, 4.69) is 13.0 Å². The number of hydrogen-bond donors (Lipinski definition) is 1. The molecule has 1 aromatic carbocycles. The van der Waals surface area contributed by atoms with Gasteiger partial charge in [0.05, 0.1) is 0 Å². The first-order valence-corrected chi connectivity index (χ1v) is 3.76. The maximum atomic E-state index is 8.35. The molecule has 1 rings (SSSR count). The lowest BCUT2D eigenvalue weighted by Crippen LogP contribution is -1.75. The molecule has 64 valence electrons. The van der Waals surface area contributed by atoms with Gasteiger partial charge in [-0.3, -0.25) is 0 Å². The maximum absolute atomic E-state index is 8.35. The molecule has 0 aliphatic rings. The second-order valence-corrected chi connectivity index (χ2v) is 2.76. The molecule has 12 heavy (non-hydrogen) atoms. The summed E-state index contributed by atoms with van der Waals surface area (Å²) in [4.78, 5) is 8.35. The normalized spacial score (nSPS) is 7.92. The minimum atomic E-state index is 0.750. The van der Waals surface area contributed by atoms with Crippen LogP contribution in [-0.4, -0.2) is 6.08 Å². The van der Waals surface area contributed by atoms with E-state index in [1.165, 1.54) is 5.56 Å². The van der Waals surface area contributed by atoms with Gasteiger partial charge in [0.25, 0.3) is 0 Å². The van der Waals surface area contributed by atoms with Crippen molar-refractivity contribution in [3.63, 3.8) is 0 Å². The third-order valence-corrected chi connectivity index (χ3v) is 1.74. The number of halogens is 1. The summed E-state index contributed by atoms with van der Waals surface area (Å²) in [5.41, 5.74) is 2.41. The largest absolute Gasteiger partial charge is 0.231 e. The van der Waals surface area contributed by atoms with Gasteiger partial charge in [-0.05, 0) is 25.5 Å². The molecule has 0 heterocycles. The fourth-order valence-corrected chi connectivity index (χ4v) is 0.912. The van der Waals surface area contributed by atoms with E-state index in [0.717, 1.165) is 16.7 Å². The zero-order chi connectivity index (χ0) is 9.56. The molecule has 0 amide bonds. The van der Waals surface area contributed by atoms with E-state index in [-0.39, 0.29) is 0 Å². The van der Waals surface area contributed by atoms with Gasteiger partial charge in [0.1, 0.15) is 0 Å². The number of carbonyl (C=O) groups excluding carboxylic acids is 1. The molecule has 0 bridgehead atoms. The number of hydrogen-bond acceptors (Lipinski definition) is 2. The standard InChI is InChI=1S/C8H9Cl.CHNO/c1-6-3-4-8(9)7(2)5-6;2-1-3/h3-5H,1-2H3;2H. The van der Waals surface area contributed by atoms with Crippen molar-refractivity contribution in [2.45, 2.75) is 13.8 Å². The predicted molar refractivity (Wildman–Crippen MR) is 49.3 cm³/mol. The van der Waals surface area contributed by atoms with E-state index >= 15 is 0 Å². The molecule has 0 radical (unpaired) electrons. The van der Waals surface area contributed by atoms with Gasteiger partial charge >= 0.3 is 0 Å². The Kier molecular flexibility index (Phi) is 5.02. The summed E-state index contributed by atoms with van der Waals surface area (Å²) < 4.78 is 0. The van der Waals surface area contributed by atoms with Gasteiger partial charge in [0.15, 0.2) is 0 Å². The SMILES string of the molecule is Cc1ccc(Cl)c(C)c1.N=C=O. The van der Waals surface area contributed by atoms with E-state index in [1.54, 1.807) is 0 Å². The van der Waals surface area contributed by atoms with Crippen molar-refractivity contribution in [1.29, 1.82) is 5.41 Å².